The minimum absolute atomic E-state index is 0.785. The van der Waals surface area contributed by atoms with E-state index in [0.29, 0.717) is 0 Å². The summed E-state index contributed by atoms with van der Waals surface area (Å²) in [6, 6.07) is 17.1. The van der Waals surface area contributed by atoms with Gasteiger partial charge in [-0.1, -0.05) is 30.3 Å². The van der Waals surface area contributed by atoms with Crippen molar-refractivity contribution >= 4 is 10.9 Å². The maximum Gasteiger partial charge on any atom is 0.123 e. The van der Waals surface area contributed by atoms with E-state index in [1.165, 1.54) is 48.1 Å². The van der Waals surface area contributed by atoms with E-state index >= 15 is 0 Å². The van der Waals surface area contributed by atoms with Crippen molar-refractivity contribution in [2.24, 2.45) is 5.92 Å². The molecule has 1 aliphatic rings. The fraction of sp³-hybridized carbons (Fsp3) is 0.333. The van der Waals surface area contributed by atoms with Gasteiger partial charge in [0.2, 0.25) is 0 Å². The van der Waals surface area contributed by atoms with Gasteiger partial charge in [-0.15, -0.1) is 10.2 Å². The number of nitrogens with zero attached hydrogens (tertiary/aromatic N) is 4. The lowest BCUT2D eigenvalue weighted by Crippen LogP contribution is -2.50. The number of likely N-dealkylation sites (tertiary alicyclic amines) is 1. The predicted molar refractivity (Wildman–Crippen MR) is 120 cm³/mol. The van der Waals surface area contributed by atoms with E-state index in [4.69, 9.17) is 0 Å². The third kappa shape index (κ3) is 4.30. The van der Waals surface area contributed by atoms with Gasteiger partial charge in [-0.3, -0.25) is 4.57 Å². The highest BCUT2D eigenvalue weighted by Crippen LogP contribution is 2.23. The first-order valence-corrected chi connectivity index (χ1v) is 10.8. The first-order chi connectivity index (χ1) is 14.8. The number of H-pyrrole nitrogens is 1. The molecule has 1 saturated heterocycles. The van der Waals surface area contributed by atoms with Gasteiger partial charge in [0, 0.05) is 49.0 Å². The number of rotatable bonds is 9. The molecule has 154 valence electrons. The zero-order valence-corrected chi connectivity index (χ0v) is 17.2. The second kappa shape index (κ2) is 8.81. The highest BCUT2D eigenvalue weighted by molar-refractivity contribution is 5.85. The van der Waals surface area contributed by atoms with Crippen LogP contribution in [0.4, 0.5) is 0 Å². The lowest BCUT2D eigenvalue weighted by atomic mass is 9.99. The third-order valence-electron chi connectivity index (χ3n) is 6.03. The molecule has 0 saturated carbocycles. The summed E-state index contributed by atoms with van der Waals surface area (Å²) in [5, 5.41) is 12.7. The molecule has 2 aromatic heterocycles. The molecule has 6 heteroatoms. The molecule has 2 aromatic carbocycles. The fourth-order valence-electron chi connectivity index (χ4n) is 4.37. The van der Waals surface area contributed by atoms with Crippen LogP contribution in [-0.2, 0) is 13.0 Å². The topological polar surface area (TPSA) is 61.8 Å². The quantitative estimate of drug-likeness (QED) is 0.452. The lowest BCUT2D eigenvalue weighted by Gasteiger charge is -2.39. The van der Waals surface area contributed by atoms with Crippen molar-refractivity contribution in [1.82, 2.24) is 30.0 Å². The van der Waals surface area contributed by atoms with Crippen molar-refractivity contribution in [3.8, 4) is 5.69 Å². The molecular weight excluding hydrogens is 372 g/mol. The number of aryl methyl sites for hydroxylation is 1. The van der Waals surface area contributed by atoms with Gasteiger partial charge in [0.1, 0.15) is 12.7 Å². The highest BCUT2D eigenvalue weighted by atomic mass is 15.2. The van der Waals surface area contributed by atoms with Crippen molar-refractivity contribution < 1.29 is 0 Å². The maximum absolute atomic E-state index is 3.91. The molecule has 6 nitrogen and oxygen atoms in total. The van der Waals surface area contributed by atoms with Crippen LogP contribution in [0.1, 0.15) is 17.5 Å². The molecule has 0 aliphatic carbocycles. The van der Waals surface area contributed by atoms with Crippen LogP contribution in [0.3, 0.4) is 0 Å². The van der Waals surface area contributed by atoms with Gasteiger partial charge in [0.25, 0.3) is 0 Å². The standard InChI is InChI=1S/C24H28N6/c1-2-5-19(6-3-1)12-25-13-20-15-29(16-20)10-4-7-21-14-26-24-9-8-22(11-23(21)24)30-17-27-28-18-30/h1-3,5-6,8-9,11,14,17-18,20,25-26H,4,7,10,12-13,15-16H2. The molecular formula is C24H28N6. The predicted octanol–water partition coefficient (Wildman–Crippen LogP) is 3.40. The van der Waals surface area contributed by atoms with Crippen LogP contribution in [0.15, 0.2) is 67.4 Å². The fourth-order valence-corrected chi connectivity index (χ4v) is 4.37. The Morgan fingerprint density at radius 1 is 1.03 bits per heavy atom. The molecule has 5 rings (SSSR count). The highest BCUT2D eigenvalue weighted by Gasteiger charge is 2.25. The van der Waals surface area contributed by atoms with Crippen molar-refractivity contribution in [2.75, 3.05) is 26.2 Å². The summed E-state index contributed by atoms with van der Waals surface area (Å²) in [6.45, 7) is 5.68. The second-order valence-electron chi connectivity index (χ2n) is 8.26. The minimum atomic E-state index is 0.785. The number of nitrogens with one attached hydrogen (secondary N) is 2. The molecule has 3 heterocycles. The van der Waals surface area contributed by atoms with Crippen molar-refractivity contribution in [1.29, 1.82) is 0 Å². The lowest BCUT2D eigenvalue weighted by molar-refractivity contribution is 0.0984. The average molecular weight is 401 g/mol. The molecule has 0 amide bonds. The van der Waals surface area contributed by atoms with Gasteiger partial charge in [-0.25, -0.2) is 0 Å². The summed E-state index contributed by atoms with van der Waals surface area (Å²) in [7, 11) is 0. The zero-order valence-electron chi connectivity index (χ0n) is 17.2. The monoisotopic (exact) mass is 400 g/mol. The molecule has 0 atom stereocenters. The van der Waals surface area contributed by atoms with E-state index in [1.54, 1.807) is 12.7 Å². The number of benzene rings is 2. The molecule has 0 bridgehead atoms. The molecule has 1 fully saturated rings. The van der Waals surface area contributed by atoms with Gasteiger partial charge in [0.15, 0.2) is 0 Å². The van der Waals surface area contributed by atoms with Crippen LogP contribution in [0.5, 0.6) is 0 Å². The van der Waals surface area contributed by atoms with Crippen molar-refractivity contribution in [3.05, 3.63) is 78.5 Å². The molecule has 0 unspecified atom stereocenters. The van der Waals surface area contributed by atoms with Gasteiger partial charge >= 0.3 is 0 Å². The minimum Gasteiger partial charge on any atom is -0.361 e. The van der Waals surface area contributed by atoms with Gasteiger partial charge < -0.3 is 15.2 Å². The van der Waals surface area contributed by atoms with Crippen molar-refractivity contribution in [2.45, 2.75) is 19.4 Å². The van der Waals surface area contributed by atoms with Gasteiger partial charge in [-0.05, 0) is 54.6 Å². The van der Waals surface area contributed by atoms with Crippen LogP contribution in [0.25, 0.3) is 16.6 Å². The van der Waals surface area contributed by atoms with E-state index in [9.17, 15) is 0 Å². The summed E-state index contributed by atoms with van der Waals surface area (Å²) in [6.07, 6.45) is 7.92. The number of fused-ring (bicyclic) bond motifs is 1. The Kier molecular flexibility index (Phi) is 5.59. The third-order valence-corrected chi connectivity index (χ3v) is 6.03. The van der Waals surface area contributed by atoms with Crippen LogP contribution >= 0.6 is 0 Å². The number of hydrogen-bond acceptors (Lipinski definition) is 4. The van der Waals surface area contributed by atoms with Crippen LogP contribution in [-0.4, -0.2) is 50.8 Å². The van der Waals surface area contributed by atoms with Gasteiger partial charge in [-0.2, -0.15) is 0 Å². The Labute approximate surface area is 176 Å². The Morgan fingerprint density at radius 3 is 2.70 bits per heavy atom. The summed E-state index contributed by atoms with van der Waals surface area (Å²) in [5.41, 5.74) is 5.04. The second-order valence-corrected chi connectivity index (χ2v) is 8.26. The maximum atomic E-state index is 3.91. The summed E-state index contributed by atoms with van der Waals surface area (Å²) < 4.78 is 1.95. The zero-order chi connectivity index (χ0) is 20.2. The average Bonchev–Trinajstić information content (AvgIpc) is 3.42. The van der Waals surface area contributed by atoms with Crippen LogP contribution in [0.2, 0.25) is 0 Å². The number of aromatic nitrogens is 4. The normalized spacial score (nSPS) is 14.9. The Morgan fingerprint density at radius 2 is 1.87 bits per heavy atom. The molecule has 0 spiro atoms. The van der Waals surface area contributed by atoms with Gasteiger partial charge in [0.05, 0.1) is 0 Å². The van der Waals surface area contributed by atoms with E-state index in [1.807, 2.05) is 4.57 Å². The smallest absolute Gasteiger partial charge is 0.123 e. The SMILES string of the molecule is c1ccc(CNCC2CN(CCCc3c[nH]c4ccc(-n5cnnc5)cc34)C2)cc1. The Balaban J connectivity index is 1.06. The van der Waals surface area contributed by atoms with E-state index in [-0.39, 0.29) is 0 Å². The van der Waals surface area contributed by atoms with Crippen molar-refractivity contribution in [3.63, 3.8) is 0 Å². The molecule has 0 radical (unpaired) electrons. The number of hydrogen-bond donors (Lipinski definition) is 2. The largest absolute Gasteiger partial charge is 0.361 e. The van der Waals surface area contributed by atoms with E-state index < -0.39 is 0 Å². The number of aromatic amines is 1. The Hall–Kier alpha value is -2.96. The van der Waals surface area contributed by atoms with Crippen LogP contribution < -0.4 is 5.32 Å². The van der Waals surface area contributed by atoms with E-state index in [2.05, 4.69) is 80.1 Å². The first-order valence-electron chi connectivity index (χ1n) is 10.8. The summed E-state index contributed by atoms with van der Waals surface area (Å²) in [4.78, 5) is 5.98. The summed E-state index contributed by atoms with van der Waals surface area (Å²) in [5.74, 6) is 0.785. The summed E-state index contributed by atoms with van der Waals surface area (Å²) >= 11 is 0. The Bertz CT molecular complexity index is 1060. The van der Waals surface area contributed by atoms with E-state index in [0.717, 1.165) is 31.1 Å². The molecule has 2 N–H and O–H groups in total. The molecule has 4 aromatic rings. The van der Waals surface area contributed by atoms with Crippen LogP contribution in [0, 0.1) is 5.92 Å². The molecule has 1 aliphatic heterocycles. The molecule has 30 heavy (non-hydrogen) atoms. The first kappa shape index (κ1) is 19.0.